The second kappa shape index (κ2) is 9.08. The van der Waals surface area contributed by atoms with Crippen molar-refractivity contribution < 1.29 is 0 Å². The lowest BCUT2D eigenvalue weighted by Gasteiger charge is -2.26. The minimum Gasteiger partial charge on any atom is -0.186 e. The maximum atomic E-state index is 3.86. The summed E-state index contributed by atoms with van der Waals surface area (Å²) in [5.41, 5.74) is 0. The van der Waals surface area contributed by atoms with Gasteiger partial charge in [0.15, 0.2) is 0 Å². The first kappa shape index (κ1) is 14.8. The molecule has 0 aliphatic heterocycles. The number of hydrogen-bond acceptors (Lipinski definition) is 0. The smallest absolute Gasteiger partial charge is 0.0139 e. The van der Waals surface area contributed by atoms with Gasteiger partial charge in [0.1, 0.15) is 0 Å². The molecule has 0 aliphatic rings. The van der Waals surface area contributed by atoms with E-state index in [-0.39, 0.29) is 0 Å². The number of unbranched alkanes of at least 4 members (excludes halogenated alkanes) is 6. The summed E-state index contributed by atoms with van der Waals surface area (Å²) in [6, 6.07) is 0. The van der Waals surface area contributed by atoms with Crippen LogP contribution in [0.1, 0.15) is 58.8 Å². The summed E-state index contributed by atoms with van der Waals surface area (Å²) >= 11 is 3.86. The Morgan fingerprint density at radius 3 is 1.86 bits per heavy atom. The Hall–Kier alpha value is 0.830. The summed E-state index contributed by atoms with van der Waals surface area (Å²) in [6.07, 6.45) is 12.4. The molecule has 0 nitrogen and oxygen atoms in total. The van der Waals surface area contributed by atoms with Gasteiger partial charge in [-0.15, -0.1) is 0 Å². The van der Waals surface area contributed by atoms with E-state index in [4.69, 9.17) is 0 Å². The Balaban J connectivity index is 3.13. The van der Waals surface area contributed by atoms with Gasteiger partial charge in [0.05, 0.1) is 0 Å². The zero-order chi connectivity index (χ0) is 10.9. The fraction of sp³-hybridized carbons (Fsp3) is 1.00. The lowest BCUT2D eigenvalue weighted by Crippen LogP contribution is -1.98. The van der Waals surface area contributed by atoms with Crippen LogP contribution in [-0.2, 0) is 0 Å². The first-order chi connectivity index (χ1) is 6.62. The van der Waals surface area contributed by atoms with E-state index < -0.39 is 8.46 Å². The molecule has 0 bridgehead atoms. The molecule has 0 heterocycles. The molecular formula is C12H27BrS. The van der Waals surface area contributed by atoms with Crippen LogP contribution in [0.5, 0.6) is 0 Å². The van der Waals surface area contributed by atoms with Gasteiger partial charge in [0.25, 0.3) is 0 Å². The number of halogens is 1. The number of hydrogen-bond donors (Lipinski definition) is 0. The molecule has 0 aromatic rings. The highest BCUT2D eigenvalue weighted by Crippen LogP contribution is 2.52. The first-order valence-electron chi connectivity index (χ1n) is 6.05. The summed E-state index contributed by atoms with van der Waals surface area (Å²) in [5.74, 6) is 2.74. The second-order valence-corrected chi connectivity index (χ2v) is 12.3. The van der Waals surface area contributed by atoms with Gasteiger partial charge in [0.2, 0.25) is 0 Å². The minimum atomic E-state index is -0.404. The van der Waals surface area contributed by atoms with E-state index in [0.717, 1.165) is 0 Å². The molecule has 0 aromatic carbocycles. The van der Waals surface area contributed by atoms with Crippen molar-refractivity contribution in [2.75, 3.05) is 17.8 Å². The second-order valence-electron chi connectivity index (χ2n) is 4.27. The van der Waals surface area contributed by atoms with Gasteiger partial charge in [-0.05, 0) is 39.0 Å². The van der Waals surface area contributed by atoms with Gasteiger partial charge in [-0.3, -0.25) is 0 Å². The molecule has 0 rings (SSSR count). The predicted octanol–water partition coefficient (Wildman–Crippen LogP) is 5.50. The molecule has 0 N–H and O–H groups in total. The highest BCUT2D eigenvalue weighted by Gasteiger charge is 2.09. The third kappa shape index (κ3) is 9.39. The summed E-state index contributed by atoms with van der Waals surface area (Å²) in [5, 5.41) is 0. The summed E-state index contributed by atoms with van der Waals surface area (Å²) in [6.45, 7) is 4.58. The van der Waals surface area contributed by atoms with Crippen molar-refractivity contribution in [1.82, 2.24) is 0 Å². The van der Waals surface area contributed by atoms with Gasteiger partial charge < -0.3 is 0 Å². The normalized spacial score (nSPS) is 17.7. The van der Waals surface area contributed by atoms with E-state index >= 15 is 0 Å². The summed E-state index contributed by atoms with van der Waals surface area (Å²) in [7, 11) is -0.404. The summed E-state index contributed by atoms with van der Waals surface area (Å²) in [4.78, 5) is 0. The average Bonchev–Trinajstić information content (AvgIpc) is 2.16. The predicted molar refractivity (Wildman–Crippen MR) is 75.8 cm³/mol. The highest BCUT2D eigenvalue weighted by molar-refractivity contribution is 9.58. The molecule has 1 atom stereocenters. The molecule has 0 aromatic heterocycles. The van der Waals surface area contributed by atoms with E-state index in [1.54, 1.807) is 0 Å². The van der Waals surface area contributed by atoms with Crippen LogP contribution in [-0.4, -0.2) is 17.8 Å². The van der Waals surface area contributed by atoms with Crippen LogP contribution in [0.25, 0.3) is 0 Å². The Bertz CT molecular complexity index is 123. The largest absolute Gasteiger partial charge is 0.186 e. The highest BCUT2D eigenvalue weighted by atomic mass is 79.9. The van der Waals surface area contributed by atoms with Gasteiger partial charge >= 0.3 is 0 Å². The van der Waals surface area contributed by atoms with E-state index in [0.29, 0.717) is 0 Å². The third-order valence-corrected chi connectivity index (χ3v) is 7.46. The Morgan fingerprint density at radius 2 is 1.36 bits per heavy atom. The molecule has 0 fully saturated rings. The van der Waals surface area contributed by atoms with Gasteiger partial charge in [0, 0.05) is 0 Å². The van der Waals surface area contributed by atoms with Gasteiger partial charge in [-0.25, -0.2) is 0 Å². The van der Waals surface area contributed by atoms with Gasteiger partial charge in [-0.2, -0.15) is 8.46 Å². The SMILES string of the molecule is CCCCCCCCCS(C)(Br)CC. The van der Waals surface area contributed by atoms with Crippen molar-refractivity contribution in [2.45, 2.75) is 58.8 Å². The Morgan fingerprint density at radius 1 is 0.857 bits per heavy atom. The lowest BCUT2D eigenvalue weighted by molar-refractivity contribution is 0.603. The average molecular weight is 283 g/mol. The Labute approximate surface area is 99.8 Å². The number of rotatable bonds is 9. The Kier molecular flexibility index (Phi) is 9.62. The molecule has 88 valence electrons. The summed E-state index contributed by atoms with van der Waals surface area (Å²) < 4.78 is 0. The van der Waals surface area contributed by atoms with Crippen LogP contribution in [0, 0.1) is 0 Å². The van der Waals surface area contributed by atoms with Crippen LogP contribution in [0.2, 0.25) is 0 Å². The molecule has 1 unspecified atom stereocenters. The first-order valence-corrected chi connectivity index (χ1v) is 10.3. The van der Waals surface area contributed by atoms with Crippen molar-refractivity contribution in [2.24, 2.45) is 0 Å². The minimum absolute atomic E-state index is 0.404. The molecule has 0 radical (unpaired) electrons. The van der Waals surface area contributed by atoms with Crippen LogP contribution in [0.15, 0.2) is 0 Å². The maximum Gasteiger partial charge on any atom is -0.0139 e. The van der Waals surface area contributed by atoms with E-state index in [2.05, 4.69) is 34.9 Å². The van der Waals surface area contributed by atoms with Crippen molar-refractivity contribution in [3.63, 3.8) is 0 Å². The van der Waals surface area contributed by atoms with Crippen LogP contribution >= 0.6 is 23.3 Å². The van der Waals surface area contributed by atoms with Crippen molar-refractivity contribution in [1.29, 1.82) is 0 Å². The fourth-order valence-corrected chi connectivity index (χ4v) is 3.29. The molecule has 0 amide bonds. The van der Waals surface area contributed by atoms with Crippen molar-refractivity contribution >= 4 is 23.3 Å². The molecule has 14 heavy (non-hydrogen) atoms. The maximum absolute atomic E-state index is 3.86. The lowest BCUT2D eigenvalue weighted by atomic mass is 10.1. The van der Waals surface area contributed by atoms with Gasteiger partial charge in [-0.1, -0.05) is 52.4 Å². The molecule has 0 saturated heterocycles. The zero-order valence-electron chi connectivity index (χ0n) is 10.2. The zero-order valence-corrected chi connectivity index (χ0v) is 12.6. The standard InChI is InChI=1S/C12H27BrS/c1-4-6-7-8-9-10-11-12-14(3,13)5-2/h4-12H2,1-3H3. The fourth-order valence-electron chi connectivity index (χ4n) is 1.50. The monoisotopic (exact) mass is 282 g/mol. The quantitative estimate of drug-likeness (QED) is 0.490. The molecular weight excluding hydrogens is 256 g/mol. The molecule has 0 saturated carbocycles. The van der Waals surface area contributed by atoms with Crippen molar-refractivity contribution in [3.05, 3.63) is 0 Å². The van der Waals surface area contributed by atoms with Crippen molar-refractivity contribution in [3.8, 4) is 0 Å². The van der Waals surface area contributed by atoms with E-state index in [1.165, 1.54) is 56.5 Å². The third-order valence-electron chi connectivity index (χ3n) is 2.78. The van der Waals surface area contributed by atoms with E-state index in [9.17, 15) is 0 Å². The molecule has 0 aliphatic carbocycles. The van der Waals surface area contributed by atoms with Crippen LogP contribution in [0.4, 0.5) is 0 Å². The molecule has 2 heteroatoms. The van der Waals surface area contributed by atoms with E-state index in [1.807, 2.05) is 0 Å². The topological polar surface area (TPSA) is 0 Å². The van der Waals surface area contributed by atoms with Crippen LogP contribution < -0.4 is 0 Å². The molecule has 0 spiro atoms. The van der Waals surface area contributed by atoms with Crippen LogP contribution in [0.3, 0.4) is 0 Å².